The van der Waals surface area contributed by atoms with Crippen LogP contribution < -0.4 is 5.73 Å². The van der Waals surface area contributed by atoms with E-state index in [-0.39, 0.29) is 0 Å². The molecule has 2 heteroatoms. The lowest BCUT2D eigenvalue weighted by Crippen LogP contribution is -2.23. The van der Waals surface area contributed by atoms with Crippen molar-refractivity contribution in [2.24, 2.45) is 5.92 Å². The molecule has 0 bridgehead atoms. The number of nitrogen functional groups attached to an aromatic ring is 1. The Morgan fingerprint density at radius 2 is 2.07 bits per heavy atom. The van der Waals surface area contributed by atoms with Gasteiger partial charge >= 0.3 is 0 Å². The Labute approximate surface area is 92.1 Å². The molecule has 0 atom stereocenters. The van der Waals surface area contributed by atoms with Crippen LogP contribution in [0.15, 0.2) is 24.3 Å². The second-order valence-electron chi connectivity index (χ2n) is 4.65. The molecular formula is C13H20N2. The van der Waals surface area contributed by atoms with Crippen molar-refractivity contribution in [3.05, 3.63) is 29.8 Å². The summed E-state index contributed by atoms with van der Waals surface area (Å²) in [6.45, 7) is 2.37. The van der Waals surface area contributed by atoms with Gasteiger partial charge in [0.15, 0.2) is 0 Å². The highest BCUT2D eigenvalue weighted by molar-refractivity contribution is 5.46. The van der Waals surface area contributed by atoms with Crippen molar-refractivity contribution in [2.75, 3.05) is 25.9 Å². The minimum Gasteiger partial charge on any atom is -0.399 e. The van der Waals surface area contributed by atoms with E-state index in [0.29, 0.717) is 0 Å². The second kappa shape index (κ2) is 4.67. The third-order valence-corrected chi connectivity index (χ3v) is 3.08. The standard InChI is InChI=1S/C13H20N2/c1-15(10-11-6-7-11)9-8-12-4-2-3-5-13(12)14/h2-5,11H,6-10,14H2,1H3. The number of nitrogens with two attached hydrogens (primary N) is 1. The summed E-state index contributed by atoms with van der Waals surface area (Å²) in [7, 11) is 2.21. The lowest BCUT2D eigenvalue weighted by molar-refractivity contribution is 0.324. The van der Waals surface area contributed by atoms with Crippen LogP contribution in [0, 0.1) is 5.92 Å². The highest BCUT2D eigenvalue weighted by Crippen LogP contribution is 2.29. The molecule has 1 aliphatic rings. The zero-order chi connectivity index (χ0) is 10.7. The molecular weight excluding hydrogens is 184 g/mol. The fourth-order valence-electron chi connectivity index (χ4n) is 1.91. The Balaban J connectivity index is 1.78. The second-order valence-corrected chi connectivity index (χ2v) is 4.65. The molecule has 15 heavy (non-hydrogen) atoms. The monoisotopic (exact) mass is 204 g/mol. The van der Waals surface area contributed by atoms with Crippen LogP contribution in [0.4, 0.5) is 5.69 Å². The van der Waals surface area contributed by atoms with Gasteiger partial charge in [-0.1, -0.05) is 18.2 Å². The van der Waals surface area contributed by atoms with Crippen LogP contribution in [-0.4, -0.2) is 25.0 Å². The Bertz CT molecular complexity index is 318. The fourth-order valence-corrected chi connectivity index (χ4v) is 1.91. The lowest BCUT2D eigenvalue weighted by Gasteiger charge is -2.16. The predicted octanol–water partition coefficient (Wildman–Crippen LogP) is 2.15. The normalized spacial score (nSPS) is 15.9. The summed E-state index contributed by atoms with van der Waals surface area (Å²) in [6, 6.07) is 8.16. The SMILES string of the molecule is CN(CCc1ccccc1N)CC1CC1. The van der Waals surface area contributed by atoms with E-state index in [0.717, 1.165) is 24.6 Å². The molecule has 0 amide bonds. The maximum atomic E-state index is 5.90. The first-order valence-corrected chi connectivity index (χ1v) is 5.77. The Morgan fingerprint density at radius 3 is 2.73 bits per heavy atom. The number of rotatable bonds is 5. The minimum atomic E-state index is 0.928. The van der Waals surface area contributed by atoms with Crippen molar-refractivity contribution in [1.29, 1.82) is 0 Å². The maximum Gasteiger partial charge on any atom is 0.0347 e. The lowest BCUT2D eigenvalue weighted by atomic mass is 10.1. The van der Waals surface area contributed by atoms with Gasteiger partial charge in [0, 0.05) is 18.8 Å². The molecule has 1 aromatic carbocycles. The van der Waals surface area contributed by atoms with E-state index in [1.165, 1.54) is 24.9 Å². The average molecular weight is 204 g/mol. The summed E-state index contributed by atoms with van der Waals surface area (Å²) in [6.07, 6.45) is 3.92. The molecule has 1 aromatic rings. The average Bonchev–Trinajstić information content (AvgIpc) is 3.00. The van der Waals surface area contributed by atoms with E-state index in [1.54, 1.807) is 0 Å². The van der Waals surface area contributed by atoms with Crippen molar-refractivity contribution in [2.45, 2.75) is 19.3 Å². The first kappa shape index (κ1) is 10.5. The molecule has 0 aliphatic heterocycles. The van der Waals surface area contributed by atoms with Gasteiger partial charge in [0.2, 0.25) is 0 Å². The summed E-state index contributed by atoms with van der Waals surface area (Å²) in [4.78, 5) is 2.42. The molecule has 0 aromatic heterocycles. The zero-order valence-electron chi connectivity index (χ0n) is 9.45. The number of para-hydroxylation sites is 1. The van der Waals surface area contributed by atoms with Crippen LogP contribution in [0.25, 0.3) is 0 Å². The Hall–Kier alpha value is -1.02. The smallest absolute Gasteiger partial charge is 0.0347 e. The topological polar surface area (TPSA) is 29.3 Å². The summed E-state index contributed by atoms with van der Waals surface area (Å²) < 4.78 is 0. The van der Waals surface area contributed by atoms with Gasteiger partial charge < -0.3 is 10.6 Å². The van der Waals surface area contributed by atoms with Crippen LogP contribution in [0.5, 0.6) is 0 Å². The molecule has 82 valence electrons. The van der Waals surface area contributed by atoms with Gasteiger partial charge in [-0.3, -0.25) is 0 Å². The highest BCUT2D eigenvalue weighted by Gasteiger charge is 2.22. The van der Waals surface area contributed by atoms with Crippen LogP contribution in [0.2, 0.25) is 0 Å². The predicted molar refractivity (Wildman–Crippen MR) is 64.8 cm³/mol. The summed E-state index contributed by atoms with van der Waals surface area (Å²) in [5.41, 5.74) is 8.11. The molecule has 1 saturated carbocycles. The largest absolute Gasteiger partial charge is 0.399 e. The first-order valence-electron chi connectivity index (χ1n) is 5.77. The maximum absolute atomic E-state index is 5.90. The van der Waals surface area contributed by atoms with Crippen molar-refractivity contribution in [3.63, 3.8) is 0 Å². The van der Waals surface area contributed by atoms with E-state index in [9.17, 15) is 0 Å². The quantitative estimate of drug-likeness (QED) is 0.745. The Morgan fingerprint density at radius 1 is 1.33 bits per heavy atom. The van der Waals surface area contributed by atoms with E-state index in [1.807, 2.05) is 12.1 Å². The van der Waals surface area contributed by atoms with Crippen molar-refractivity contribution in [3.8, 4) is 0 Å². The first-order chi connectivity index (χ1) is 7.25. The number of anilines is 1. The summed E-state index contributed by atoms with van der Waals surface area (Å²) in [5.74, 6) is 0.975. The fraction of sp³-hybridized carbons (Fsp3) is 0.538. The van der Waals surface area contributed by atoms with Crippen LogP contribution in [0.3, 0.4) is 0 Å². The molecule has 0 unspecified atom stereocenters. The molecule has 0 heterocycles. The van der Waals surface area contributed by atoms with E-state index < -0.39 is 0 Å². The van der Waals surface area contributed by atoms with Gasteiger partial charge in [0.1, 0.15) is 0 Å². The molecule has 0 spiro atoms. The third kappa shape index (κ3) is 3.24. The zero-order valence-corrected chi connectivity index (χ0v) is 9.45. The molecule has 2 nitrogen and oxygen atoms in total. The van der Waals surface area contributed by atoms with Crippen molar-refractivity contribution >= 4 is 5.69 Å². The highest BCUT2D eigenvalue weighted by atomic mass is 15.1. The van der Waals surface area contributed by atoms with Crippen LogP contribution in [0.1, 0.15) is 18.4 Å². The molecule has 0 radical (unpaired) electrons. The van der Waals surface area contributed by atoms with Gasteiger partial charge in [-0.05, 0) is 43.9 Å². The van der Waals surface area contributed by atoms with Crippen molar-refractivity contribution < 1.29 is 0 Å². The summed E-state index contributed by atoms with van der Waals surface area (Å²) >= 11 is 0. The van der Waals surface area contributed by atoms with Gasteiger partial charge in [-0.15, -0.1) is 0 Å². The van der Waals surface area contributed by atoms with E-state index in [4.69, 9.17) is 5.73 Å². The molecule has 0 saturated heterocycles. The Kier molecular flexibility index (Phi) is 3.27. The number of hydrogen-bond donors (Lipinski definition) is 1. The molecule has 1 fully saturated rings. The van der Waals surface area contributed by atoms with Gasteiger partial charge in [-0.2, -0.15) is 0 Å². The van der Waals surface area contributed by atoms with Crippen molar-refractivity contribution in [1.82, 2.24) is 4.90 Å². The van der Waals surface area contributed by atoms with Crippen LogP contribution >= 0.6 is 0 Å². The third-order valence-electron chi connectivity index (χ3n) is 3.08. The molecule has 1 aliphatic carbocycles. The van der Waals surface area contributed by atoms with Crippen LogP contribution in [-0.2, 0) is 6.42 Å². The number of likely N-dealkylation sites (N-methyl/N-ethyl adjacent to an activating group) is 1. The number of hydrogen-bond acceptors (Lipinski definition) is 2. The number of nitrogens with zero attached hydrogens (tertiary/aromatic N) is 1. The van der Waals surface area contributed by atoms with E-state index >= 15 is 0 Å². The van der Waals surface area contributed by atoms with Gasteiger partial charge in [-0.25, -0.2) is 0 Å². The number of benzene rings is 1. The van der Waals surface area contributed by atoms with E-state index in [2.05, 4.69) is 24.1 Å². The van der Waals surface area contributed by atoms with Gasteiger partial charge in [0.05, 0.1) is 0 Å². The minimum absolute atomic E-state index is 0.928. The molecule has 2 N–H and O–H groups in total. The van der Waals surface area contributed by atoms with Gasteiger partial charge in [0.25, 0.3) is 0 Å². The summed E-state index contributed by atoms with van der Waals surface area (Å²) in [5, 5.41) is 0. The molecule has 2 rings (SSSR count).